The molecule has 0 aliphatic carbocycles. The van der Waals surface area contributed by atoms with Crippen LogP contribution in [0.15, 0.2) is 131 Å². The molecule has 0 saturated carbocycles. The minimum atomic E-state index is 0.0292. The molecule has 4 aliphatic rings. The van der Waals surface area contributed by atoms with Crippen molar-refractivity contribution < 1.29 is 19.2 Å². The second kappa shape index (κ2) is 65.2. The first-order valence-electron chi connectivity index (χ1n) is 59.6. The van der Waals surface area contributed by atoms with Gasteiger partial charge in [0.05, 0.1) is 43.4 Å². The molecular weight excluding hydrogens is 2000 g/mol. The molecule has 0 aromatic carbocycles. The van der Waals surface area contributed by atoms with Crippen molar-refractivity contribution in [3.63, 3.8) is 0 Å². The Kier molecular flexibility index (Phi) is 53.2. The minimum Gasteiger partial charge on any atom is -0.311 e. The average Bonchev–Trinajstić information content (AvgIpc) is 1.56. The van der Waals surface area contributed by atoms with E-state index in [1.807, 2.05) is 110 Å². The monoisotopic (exact) mass is 2190 g/mol. The number of rotatable bonds is 72. The van der Waals surface area contributed by atoms with E-state index in [1.54, 1.807) is 38.7 Å². The number of amides is 4. The molecule has 8 nitrogen and oxygen atoms in total. The number of hydrogen-bond acceptors (Lipinski definition) is 14. The zero-order chi connectivity index (χ0) is 105. The fraction of sp³-hybridized carbons (Fsp3) is 0.615. The third-order valence-electron chi connectivity index (χ3n) is 31.3. The molecule has 0 saturated heterocycles. The first-order valence-corrected chi connectivity index (χ1v) is 67.7. The van der Waals surface area contributed by atoms with E-state index in [-0.39, 0.29) is 23.6 Å². The van der Waals surface area contributed by atoms with Crippen LogP contribution >= 0.6 is 113 Å². The molecule has 10 aromatic rings. The number of aryl methyl sites for hydroxylation is 6. The summed E-state index contributed by atoms with van der Waals surface area (Å²) < 4.78 is 2.65. The van der Waals surface area contributed by atoms with E-state index in [0.29, 0.717) is 59.1 Å². The van der Waals surface area contributed by atoms with Crippen molar-refractivity contribution in [1.29, 1.82) is 0 Å². The van der Waals surface area contributed by atoms with Gasteiger partial charge >= 0.3 is 0 Å². The van der Waals surface area contributed by atoms with Crippen molar-refractivity contribution in [1.82, 2.24) is 19.6 Å². The number of hydrogen-bond donors (Lipinski definition) is 0. The Balaban J connectivity index is 0.000000215. The lowest BCUT2D eigenvalue weighted by molar-refractivity contribution is -0.125. The van der Waals surface area contributed by atoms with E-state index in [2.05, 4.69) is 208 Å². The zero-order valence-electron chi connectivity index (χ0n) is 94.5. The highest BCUT2D eigenvalue weighted by atomic mass is 32.1. The maximum Gasteiger partial charge on any atom is 0.261 e. The van der Waals surface area contributed by atoms with E-state index in [9.17, 15) is 19.2 Å². The highest BCUT2D eigenvalue weighted by molar-refractivity contribution is 7.33. The van der Waals surface area contributed by atoms with Crippen LogP contribution < -0.4 is 0 Å². The number of unbranched alkanes of at least 4 members (excludes halogenated alkanes) is 40. The molecule has 0 bridgehead atoms. The van der Waals surface area contributed by atoms with Gasteiger partial charge in [-0.15, -0.1) is 113 Å². The van der Waals surface area contributed by atoms with Crippen LogP contribution in [0.2, 0.25) is 0 Å². The van der Waals surface area contributed by atoms with Gasteiger partial charge in [-0.2, -0.15) is 0 Å². The molecule has 0 N–H and O–H groups in total. The second-order valence-corrected chi connectivity index (χ2v) is 55.8. The number of allylic oxidation sites excluding steroid dienone is 2. The Morgan fingerprint density at radius 3 is 0.824 bits per heavy atom. The molecule has 0 radical (unpaired) electrons. The maximum absolute atomic E-state index is 14.9. The van der Waals surface area contributed by atoms with Crippen LogP contribution in [-0.4, -0.2) is 69.4 Å². The van der Waals surface area contributed by atoms with Gasteiger partial charge < -0.3 is 19.6 Å². The van der Waals surface area contributed by atoms with E-state index in [4.69, 9.17) is 0 Å². The van der Waals surface area contributed by atoms with Crippen LogP contribution in [-0.2, 0) is 32.0 Å². The number of carbonyl (C=O) groups excluding carboxylic acids is 4. The Morgan fingerprint density at radius 2 is 0.493 bits per heavy atom. The van der Waals surface area contributed by atoms with Crippen molar-refractivity contribution in [2.45, 2.75) is 470 Å². The fourth-order valence-corrected chi connectivity index (χ4v) is 33.4. The fourth-order valence-electron chi connectivity index (χ4n) is 22.4. The number of carbonyl (C=O) groups is 4. The van der Waals surface area contributed by atoms with Crippen LogP contribution in [0.25, 0.3) is 79.3 Å². The summed E-state index contributed by atoms with van der Waals surface area (Å²) in [4.78, 5) is 91.0. The third-order valence-corrected chi connectivity index (χ3v) is 43.3. The summed E-state index contributed by atoms with van der Waals surface area (Å²) in [5.41, 5.74) is 9.30. The van der Waals surface area contributed by atoms with Gasteiger partial charge in [-0.1, -0.05) is 365 Å². The van der Waals surface area contributed by atoms with Crippen molar-refractivity contribution in [2.24, 2.45) is 23.7 Å². The standard InChI is InChI=1S/C55H78N2O2S4.C53H76N2O2S4.C22H34S2/c1-7-10-13-16-19-20-23-26-29-43(28-25-22-18-15-12-9-3)39-56-42(6)51-52(55(56)59)53(57(54(51)58)38-40(4)27-24-21-17-14-11-8-2)50-37-36-49(63-50)48-35-34-47(62-48)46-33-32-45(61-46)44-31-30-41(5)60-44;1-7-10-13-16-19-20-23-26-29-41(28-25-22-18-15-12-9-3)37-54-40(6)49-50(53(54)57)51(55(52(49)56)36-38(4)27-24-21-17-14-11-8-2)44-33-32-43(59-44)46-35-48-47(61-46)34-45(60-48)42-31-30-39(5)58-42;1-5-7-9-11-13-19-16-21(24-18(19)4)22-20(15-17(3)23-22)14-12-10-8-6-2/h30-37,40,43H,7-29,38-39H2,1-6H3;30-35,38,41H,7-29,36-37H2,1-6H3;15-16H,5-14H2,1-4H3. The topological polar surface area (TPSA) is 81.2 Å². The van der Waals surface area contributed by atoms with Crippen molar-refractivity contribution in [3.05, 3.63) is 171 Å². The average molecular weight is 2190 g/mol. The summed E-state index contributed by atoms with van der Waals surface area (Å²) >= 11 is 18.6. The lowest BCUT2D eigenvalue weighted by Gasteiger charge is -2.28. The molecule has 10 aromatic heterocycles. The van der Waals surface area contributed by atoms with Crippen molar-refractivity contribution in [2.75, 3.05) is 26.2 Å². The van der Waals surface area contributed by atoms with Crippen LogP contribution in [0.1, 0.15) is 470 Å². The third kappa shape index (κ3) is 35.6. The first-order chi connectivity index (χ1) is 72.1. The van der Waals surface area contributed by atoms with Gasteiger partial charge in [0.1, 0.15) is 0 Å². The molecule has 0 fully saturated rings. The van der Waals surface area contributed by atoms with Gasteiger partial charge in [-0.05, 0) is 238 Å². The summed E-state index contributed by atoms with van der Waals surface area (Å²) in [7, 11) is 0. The predicted octanol–water partition coefficient (Wildman–Crippen LogP) is 44.2. The summed E-state index contributed by atoms with van der Waals surface area (Å²) in [6.07, 6.45) is 72.0. The molecule has 18 heteroatoms. The Hall–Kier alpha value is -5.90. The molecule has 14 rings (SSSR count). The van der Waals surface area contributed by atoms with E-state index in [0.717, 1.165) is 77.7 Å². The van der Waals surface area contributed by atoms with E-state index >= 15 is 0 Å². The Morgan fingerprint density at radius 1 is 0.223 bits per heavy atom. The van der Waals surface area contributed by atoms with Crippen LogP contribution in [0.5, 0.6) is 0 Å². The molecule has 0 spiro atoms. The predicted molar refractivity (Wildman–Crippen MR) is 661 cm³/mol. The van der Waals surface area contributed by atoms with E-state index < -0.39 is 0 Å². The normalized spacial score (nSPS) is 14.7. The van der Waals surface area contributed by atoms with E-state index in [1.165, 1.54) is 410 Å². The van der Waals surface area contributed by atoms with Gasteiger partial charge in [-0.3, -0.25) is 19.2 Å². The summed E-state index contributed by atoms with van der Waals surface area (Å²) in [6, 6.07) is 36.3. The molecule has 14 heterocycles. The Bertz CT molecular complexity index is 5740. The second-order valence-electron chi connectivity index (χ2n) is 44.2. The zero-order valence-corrected chi connectivity index (χ0v) is 103. The highest BCUT2D eigenvalue weighted by Crippen LogP contribution is 2.53. The van der Waals surface area contributed by atoms with Gasteiger partial charge in [0, 0.05) is 125 Å². The summed E-state index contributed by atoms with van der Waals surface area (Å²) in [6.45, 7) is 38.6. The lowest BCUT2D eigenvalue weighted by atomic mass is 9.93. The van der Waals surface area contributed by atoms with Gasteiger partial charge in [0.25, 0.3) is 23.6 Å². The van der Waals surface area contributed by atoms with Gasteiger partial charge in [-0.25, -0.2) is 0 Å². The van der Waals surface area contributed by atoms with Crippen LogP contribution in [0.4, 0.5) is 0 Å². The maximum atomic E-state index is 14.9. The van der Waals surface area contributed by atoms with Gasteiger partial charge in [0.2, 0.25) is 0 Å². The number of thiophene rings is 10. The lowest BCUT2D eigenvalue weighted by Crippen LogP contribution is -2.34. The highest BCUT2D eigenvalue weighted by Gasteiger charge is 2.50. The van der Waals surface area contributed by atoms with Gasteiger partial charge in [0.15, 0.2) is 0 Å². The minimum absolute atomic E-state index is 0.0292. The quantitative estimate of drug-likeness (QED) is 0.0356. The molecule has 148 heavy (non-hydrogen) atoms. The SMILES string of the molecule is CCCCCCCCCCC(CCCCCCCC)CN1C(=O)C2=C(c3ccc(-c4cc5sc(-c6ccc(C)s6)cc5s4)s3)N(CC(C)CCCCCCCC)C(=O)C2=C1C.CCCCCCCCCCC(CCCCCCCC)CN1C(=O)C2=C(c3ccc(-c4ccc(-c5ccc(-c6ccc(C)s6)s5)s4)s3)N(CC(C)CCCCCCCC)C(=O)C2=C1C.CCCCCCc1cc(-c2sc(C)cc2CCCCCC)sc1C. The summed E-state index contributed by atoms with van der Waals surface area (Å²) in [5, 5.41) is 0. The number of fused-ring (bicyclic) bond motifs is 3. The molecular formula is C130H188N4O4S10. The molecule has 4 unspecified atom stereocenters. The molecule has 4 amide bonds. The van der Waals surface area contributed by atoms with Crippen molar-refractivity contribution >= 4 is 158 Å². The summed E-state index contributed by atoms with van der Waals surface area (Å²) in [5.74, 6) is 1.78. The smallest absolute Gasteiger partial charge is 0.261 e. The largest absolute Gasteiger partial charge is 0.311 e. The van der Waals surface area contributed by atoms with Crippen LogP contribution in [0.3, 0.4) is 0 Å². The Labute approximate surface area is 937 Å². The van der Waals surface area contributed by atoms with Crippen LogP contribution in [0, 0.1) is 51.4 Å². The van der Waals surface area contributed by atoms with Crippen molar-refractivity contribution in [3.8, 4) is 58.5 Å². The first kappa shape index (κ1) is 121. The molecule has 812 valence electrons. The molecule has 4 aliphatic heterocycles. The number of nitrogens with zero attached hydrogens (tertiary/aromatic N) is 4. The molecule has 4 atom stereocenters.